The third kappa shape index (κ3) is 8.26. The summed E-state index contributed by atoms with van der Waals surface area (Å²) in [6.07, 6.45) is 1.95. The molecule has 8 N–H and O–H groups in total. The Morgan fingerprint density at radius 1 is 1.03 bits per heavy atom. The predicted octanol–water partition coefficient (Wildman–Crippen LogP) is -2.28. The number of carboxylic acids is 2. The number of nitrogens with two attached hydrogens (primary N) is 1. The normalized spacial score (nSPS) is 14.6. The zero-order chi connectivity index (χ0) is 22.8. The summed E-state index contributed by atoms with van der Waals surface area (Å²) in [4.78, 5) is 65.3. The molecule has 3 amide bonds. The van der Waals surface area contributed by atoms with Gasteiger partial charge in [0.25, 0.3) is 0 Å². The van der Waals surface area contributed by atoms with Crippen molar-refractivity contribution in [2.75, 3.05) is 0 Å². The smallest absolute Gasteiger partial charge is 0.326 e. The van der Waals surface area contributed by atoms with Gasteiger partial charge in [0.1, 0.15) is 18.1 Å². The fourth-order valence-electron chi connectivity index (χ4n) is 2.33. The standard InChI is InChI=1S/C17H26N6O7/c1-8(18)14(26)21-9(2)15(27)23-12(5-10-6-19-7-20-10)16(28)22-11(17(29)30)3-4-13(24)25/h6-9,11-12H,3-5,18H2,1-2H3,(H,19,20)(H,21,26)(H,22,28)(H,23,27)(H,24,25)(H,29,30). The summed E-state index contributed by atoms with van der Waals surface area (Å²) < 4.78 is 0. The first-order valence-electron chi connectivity index (χ1n) is 9.09. The molecule has 13 heteroatoms. The summed E-state index contributed by atoms with van der Waals surface area (Å²) in [5, 5.41) is 25.0. The summed E-state index contributed by atoms with van der Waals surface area (Å²) >= 11 is 0. The van der Waals surface area contributed by atoms with Crippen molar-refractivity contribution in [1.82, 2.24) is 25.9 Å². The molecule has 4 atom stereocenters. The Morgan fingerprint density at radius 2 is 1.67 bits per heavy atom. The first-order valence-corrected chi connectivity index (χ1v) is 9.09. The molecule has 1 rings (SSSR count). The third-order valence-electron chi connectivity index (χ3n) is 4.04. The maximum atomic E-state index is 12.6. The van der Waals surface area contributed by atoms with Crippen LogP contribution in [0.25, 0.3) is 0 Å². The zero-order valence-electron chi connectivity index (χ0n) is 16.5. The number of hydrogen-bond donors (Lipinski definition) is 7. The molecule has 0 radical (unpaired) electrons. The van der Waals surface area contributed by atoms with Crippen LogP contribution >= 0.6 is 0 Å². The van der Waals surface area contributed by atoms with E-state index in [0.717, 1.165) is 0 Å². The second kappa shape index (κ2) is 11.5. The Kier molecular flexibility index (Phi) is 9.42. The predicted molar refractivity (Wildman–Crippen MR) is 102 cm³/mol. The van der Waals surface area contributed by atoms with Crippen molar-refractivity contribution in [3.8, 4) is 0 Å². The van der Waals surface area contributed by atoms with Gasteiger partial charge in [-0.1, -0.05) is 0 Å². The minimum Gasteiger partial charge on any atom is -0.481 e. The number of rotatable bonds is 12. The number of aliphatic carboxylic acids is 2. The number of aromatic amines is 1. The summed E-state index contributed by atoms with van der Waals surface area (Å²) in [5.41, 5.74) is 5.93. The second-order valence-corrected chi connectivity index (χ2v) is 6.69. The van der Waals surface area contributed by atoms with Crippen molar-refractivity contribution >= 4 is 29.7 Å². The highest BCUT2D eigenvalue weighted by molar-refractivity contribution is 5.94. The molecule has 1 heterocycles. The SMILES string of the molecule is CC(N)C(=O)NC(C)C(=O)NC(Cc1cnc[nH]1)C(=O)NC(CCC(=O)O)C(=O)O. The number of imidazole rings is 1. The van der Waals surface area contributed by atoms with Gasteiger partial charge in [0.15, 0.2) is 0 Å². The number of carboxylic acid groups (broad SMARTS) is 2. The topological polar surface area (TPSA) is 217 Å². The zero-order valence-corrected chi connectivity index (χ0v) is 16.5. The van der Waals surface area contributed by atoms with Gasteiger partial charge in [-0.15, -0.1) is 0 Å². The molecule has 1 aromatic heterocycles. The van der Waals surface area contributed by atoms with Gasteiger partial charge in [-0.05, 0) is 20.3 Å². The molecule has 0 aromatic carbocycles. The van der Waals surface area contributed by atoms with E-state index in [-0.39, 0.29) is 12.8 Å². The van der Waals surface area contributed by atoms with Crippen LogP contribution in [0.3, 0.4) is 0 Å². The van der Waals surface area contributed by atoms with Crippen LogP contribution in [-0.4, -0.2) is 74.0 Å². The molecule has 0 fully saturated rings. The van der Waals surface area contributed by atoms with Crippen LogP contribution in [0.1, 0.15) is 32.4 Å². The number of carbonyl (C=O) groups excluding carboxylic acids is 3. The Balaban J connectivity index is 2.89. The van der Waals surface area contributed by atoms with E-state index in [1.54, 1.807) is 0 Å². The molecule has 0 aliphatic carbocycles. The number of H-pyrrole nitrogens is 1. The van der Waals surface area contributed by atoms with Crippen LogP contribution in [-0.2, 0) is 30.4 Å². The molecule has 0 aliphatic heterocycles. The third-order valence-corrected chi connectivity index (χ3v) is 4.04. The highest BCUT2D eigenvalue weighted by Crippen LogP contribution is 2.03. The van der Waals surface area contributed by atoms with Gasteiger partial charge in [-0.25, -0.2) is 9.78 Å². The van der Waals surface area contributed by atoms with Crippen LogP contribution in [0.2, 0.25) is 0 Å². The summed E-state index contributed by atoms with van der Waals surface area (Å²) in [7, 11) is 0. The lowest BCUT2D eigenvalue weighted by atomic mass is 10.1. The molecule has 0 spiro atoms. The van der Waals surface area contributed by atoms with Gasteiger partial charge in [-0.2, -0.15) is 0 Å². The van der Waals surface area contributed by atoms with E-state index in [1.165, 1.54) is 26.4 Å². The molecular weight excluding hydrogens is 400 g/mol. The summed E-state index contributed by atoms with van der Waals surface area (Å²) in [6, 6.07) is -4.51. The second-order valence-electron chi connectivity index (χ2n) is 6.69. The van der Waals surface area contributed by atoms with Gasteiger partial charge in [0.2, 0.25) is 17.7 Å². The van der Waals surface area contributed by atoms with Crippen LogP contribution in [0.4, 0.5) is 0 Å². The highest BCUT2D eigenvalue weighted by Gasteiger charge is 2.29. The quantitative estimate of drug-likeness (QED) is 0.191. The van der Waals surface area contributed by atoms with Crippen LogP contribution in [0.5, 0.6) is 0 Å². The molecule has 1 aromatic rings. The molecule has 30 heavy (non-hydrogen) atoms. The number of carbonyl (C=O) groups is 5. The van der Waals surface area contributed by atoms with Gasteiger partial charge in [0.05, 0.1) is 12.4 Å². The van der Waals surface area contributed by atoms with Crippen molar-refractivity contribution in [3.63, 3.8) is 0 Å². The van der Waals surface area contributed by atoms with Gasteiger partial charge in [0, 0.05) is 24.7 Å². The van der Waals surface area contributed by atoms with E-state index in [0.29, 0.717) is 5.69 Å². The number of aromatic nitrogens is 2. The Hall–Kier alpha value is -3.48. The largest absolute Gasteiger partial charge is 0.481 e. The molecule has 4 unspecified atom stereocenters. The van der Waals surface area contributed by atoms with Crippen molar-refractivity contribution in [2.45, 2.75) is 57.3 Å². The number of amides is 3. The molecule has 0 aliphatic rings. The number of nitrogens with one attached hydrogen (secondary N) is 4. The average molecular weight is 426 g/mol. The first kappa shape index (κ1) is 24.6. The van der Waals surface area contributed by atoms with Crippen molar-refractivity contribution < 1.29 is 34.2 Å². The molecular formula is C17H26N6O7. The van der Waals surface area contributed by atoms with E-state index >= 15 is 0 Å². The number of nitrogens with zero attached hydrogens (tertiary/aromatic N) is 1. The average Bonchev–Trinajstić information content (AvgIpc) is 3.16. The molecule has 13 nitrogen and oxygen atoms in total. The van der Waals surface area contributed by atoms with E-state index < -0.39 is 60.2 Å². The minimum atomic E-state index is -1.45. The van der Waals surface area contributed by atoms with Crippen molar-refractivity contribution in [1.29, 1.82) is 0 Å². The molecule has 0 saturated carbocycles. The van der Waals surface area contributed by atoms with Crippen LogP contribution in [0, 0.1) is 0 Å². The summed E-state index contributed by atoms with van der Waals surface area (Å²) in [6.45, 7) is 2.84. The molecule has 166 valence electrons. The molecule has 0 bridgehead atoms. The fraction of sp³-hybridized carbons (Fsp3) is 0.529. The summed E-state index contributed by atoms with van der Waals surface area (Å²) in [5.74, 6) is -4.71. The first-order chi connectivity index (χ1) is 14.0. The minimum absolute atomic E-state index is 0.0448. The fourth-order valence-corrected chi connectivity index (χ4v) is 2.33. The lowest BCUT2D eigenvalue weighted by Crippen LogP contribution is -2.56. The van der Waals surface area contributed by atoms with Crippen molar-refractivity contribution in [2.24, 2.45) is 5.73 Å². The van der Waals surface area contributed by atoms with Crippen LogP contribution < -0.4 is 21.7 Å². The van der Waals surface area contributed by atoms with Crippen molar-refractivity contribution in [3.05, 3.63) is 18.2 Å². The van der Waals surface area contributed by atoms with E-state index in [4.69, 9.17) is 10.8 Å². The molecule has 0 saturated heterocycles. The van der Waals surface area contributed by atoms with E-state index in [2.05, 4.69) is 25.9 Å². The van der Waals surface area contributed by atoms with Gasteiger partial charge >= 0.3 is 11.9 Å². The number of hydrogen-bond acceptors (Lipinski definition) is 7. The van der Waals surface area contributed by atoms with E-state index in [9.17, 15) is 29.1 Å². The Bertz CT molecular complexity index is 765. The highest BCUT2D eigenvalue weighted by atomic mass is 16.4. The lowest BCUT2D eigenvalue weighted by Gasteiger charge is -2.23. The Morgan fingerprint density at radius 3 is 2.17 bits per heavy atom. The maximum Gasteiger partial charge on any atom is 0.326 e. The maximum absolute atomic E-state index is 12.6. The Labute approximate surface area is 171 Å². The lowest BCUT2D eigenvalue weighted by molar-refractivity contribution is -0.143. The van der Waals surface area contributed by atoms with Gasteiger partial charge in [-0.3, -0.25) is 19.2 Å². The van der Waals surface area contributed by atoms with Crippen LogP contribution in [0.15, 0.2) is 12.5 Å². The van der Waals surface area contributed by atoms with Gasteiger partial charge < -0.3 is 36.9 Å². The monoisotopic (exact) mass is 426 g/mol. The van der Waals surface area contributed by atoms with E-state index in [1.807, 2.05) is 0 Å².